The molecule has 0 aliphatic carbocycles. The summed E-state index contributed by atoms with van der Waals surface area (Å²) in [6.45, 7) is 6.64. The Kier molecular flexibility index (Phi) is 51.1. The van der Waals surface area contributed by atoms with Gasteiger partial charge < -0.3 is 28.5 Å². The molecule has 0 saturated heterocycles. The van der Waals surface area contributed by atoms with E-state index in [1.165, 1.54) is 96.3 Å². The number of allylic oxidation sites excluding steroid dienone is 15. The average Bonchev–Trinajstić information content (AvgIpc) is 3.36. The molecule has 0 fully saturated rings. The number of ether oxygens (including phenoxy) is 1. The van der Waals surface area contributed by atoms with Crippen molar-refractivity contribution in [1.82, 2.24) is 5.32 Å². The van der Waals surface area contributed by atoms with Crippen LogP contribution in [-0.2, 0) is 27.9 Å². The number of nitrogens with zero attached hydrogens (tertiary/aromatic N) is 1. The van der Waals surface area contributed by atoms with Crippen LogP contribution < -0.4 is 10.2 Å². The van der Waals surface area contributed by atoms with Gasteiger partial charge in [0.1, 0.15) is 19.3 Å². The second-order valence-corrected chi connectivity index (χ2v) is 22.6. The minimum absolute atomic E-state index is 0.0329. The number of amides is 1. The highest BCUT2D eigenvalue weighted by Crippen LogP contribution is 2.38. The number of likely N-dealkylation sites (N-methyl/N-ethyl adjacent to an activating group) is 1. The lowest BCUT2D eigenvalue weighted by Crippen LogP contribution is -2.47. The molecule has 0 aromatic carbocycles. The lowest BCUT2D eigenvalue weighted by molar-refractivity contribution is -0.870. The Bertz CT molecular complexity index is 1590. The van der Waals surface area contributed by atoms with Crippen molar-refractivity contribution in [2.45, 2.75) is 258 Å². The van der Waals surface area contributed by atoms with Crippen molar-refractivity contribution in [1.29, 1.82) is 0 Å². The Morgan fingerprint density at radius 1 is 0.500 bits per heavy atom. The number of esters is 1. The summed E-state index contributed by atoms with van der Waals surface area (Å²) in [6.07, 6.45) is 70.9. The monoisotopic (exact) mass is 1050 g/mol. The summed E-state index contributed by atoms with van der Waals surface area (Å²) in [7, 11) is 1.15. The molecule has 0 aromatic heterocycles. The molecular weight excluding hydrogens is 940 g/mol. The Balaban J connectivity index is 5.26. The van der Waals surface area contributed by atoms with Gasteiger partial charge in [0.15, 0.2) is 0 Å². The van der Waals surface area contributed by atoms with Gasteiger partial charge in [-0.05, 0) is 96.0 Å². The summed E-state index contributed by atoms with van der Waals surface area (Å²) in [5, 5.41) is 3.01. The normalized spacial score (nSPS) is 14.4. The molecule has 426 valence electrons. The first-order valence-electron chi connectivity index (χ1n) is 30.1. The molecule has 0 spiro atoms. The molecule has 74 heavy (non-hydrogen) atoms. The van der Waals surface area contributed by atoms with Gasteiger partial charge in [0, 0.05) is 12.8 Å². The molecule has 0 saturated carbocycles. The fourth-order valence-electron chi connectivity index (χ4n) is 8.15. The van der Waals surface area contributed by atoms with E-state index in [1.807, 2.05) is 39.4 Å². The number of carbonyl (C=O) groups excluding carboxylic acids is 2. The Morgan fingerprint density at radius 3 is 1.43 bits per heavy atom. The van der Waals surface area contributed by atoms with E-state index in [4.69, 9.17) is 13.8 Å². The van der Waals surface area contributed by atoms with E-state index in [9.17, 15) is 19.0 Å². The van der Waals surface area contributed by atoms with Gasteiger partial charge >= 0.3 is 5.97 Å². The summed E-state index contributed by atoms with van der Waals surface area (Å²) >= 11 is 0. The van der Waals surface area contributed by atoms with Crippen molar-refractivity contribution in [3.8, 4) is 0 Å². The van der Waals surface area contributed by atoms with Gasteiger partial charge in [-0.15, -0.1) is 0 Å². The second-order valence-electron chi connectivity index (χ2n) is 21.2. The number of carbonyl (C=O) groups is 2. The minimum Gasteiger partial charge on any atom is -0.756 e. The van der Waals surface area contributed by atoms with Crippen molar-refractivity contribution in [3.05, 3.63) is 97.2 Å². The predicted molar refractivity (Wildman–Crippen MR) is 316 cm³/mol. The van der Waals surface area contributed by atoms with Crippen LogP contribution in [0.3, 0.4) is 0 Å². The molecule has 9 nitrogen and oxygen atoms in total. The number of hydrogen-bond donors (Lipinski definition) is 1. The van der Waals surface area contributed by atoms with Crippen molar-refractivity contribution < 1.29 is 37.3 Å². The average molecular weight is 1050 g/mol. The molecule has 3 unspecified atom stereocenters. The molecular formula is C64H113N2O7P. The molecule has 1 N–H and O–H groups in total. The maximum absolute atomic E-state index is 13.5. The van der Waals surface area contributed by atoms with Crippen molar-refractivity contribution >= 4 is 19.7 Å². The number of nitrogens with one attached hydrogen (secondary N) is 1. The fraction of sp³-hybridized carbons (Fsp3) is 0.719. The third-order valence-electron chi connectivity index (χ3n) is 12.8. The van der Waals surface area contributed by atoms with Crippen LogP contribution in [0.2, 0.25) is 0 Å². The molecule has 0 rings (SSSR count). The smallest absolute Gasteiger partial charge is 0.306 e. The van der Waals surface area contributed by atoms with Crippen LogP contribution in [0.4, 0.5) is 0 Å². The van der Waals surface area contributed by atoms with Crippen LogP contribution >= 0.6 is 7.82 Å². The van der Waals surface area contributed by atoms with Crippen molar-refractivity contribution in [2.24, 2.45) is 0 Å². The van der Waals surface area contributed by atoms with E-state index in [0.717, 1.165) is 109 Å². The van der Waals surface area contributed by atoms with Gasteiger partial charge in [-0.2, -0.15) is 0 Å². The number of phosphoric ester groups is 1. The fourth-order valence-corrected chi connectivity index (χ4v) is 8.87. The number of hydrogen-bond acceptors (Lipinski definition) is 7. The van der Waals surface area contributed by atoms with Gasteiger partial charge in [-0.1, -0.05) is 234 Å². The van der Waals surface area contributed by atoms with Gasteiger partial charge in [0.25, 0.3) is 7.82 Å². The lowest BCUT2D eigenvalue weighted by Gasteiger charge is -2.30. The topological polar surface area (TPSA) is 114 Å². The molecule has 0 bridgehead atoms. The van der Waals surface area contributed by atoms with E-state index < -0.39 is 26.6 Å². The first-order valence-corrected chi connectivity index (χ1v) is 31.5. The Hall–Kier alpha value is -3.07. The van der Waals surface area contributed by atoms with Crippen LogP contribution in [0.25, 0.3) is 0 Å². The van der Waals surface area contributed by atoms with E-state index >= 15 is 0 Å². The third-order valence-corrected chi connectivity index (χ3v) is 13.8. The largest absolute Gasteiger partial charge is 0.756 e. The zero-order valence-corrected chi connectivity index (χ0v) is 49.4. The molecule has 0 radical (unpaired) electrons. The predicted octanol–water partition coefficient (Wildman–Crippen LogP) is 17.8. The molecule has 3 atom stereocenters. The van der Waals surface area contributed by atoms with Gasteiger partial charge in [-0.25, -0.2) is 0 Å². The van der Waals surface area contributed by atoms with E-state index in [0.29, 0.717) is 23.9 Å². The highest BCUT2D eigenvalue weighted by Gasteiger charge is 2.27. The summed E-state index contributed by atoms with van der Waals surface area (Å²) in [5.74, 6) is -0.582. The number of unbranched alkanes of at least 4 members (excludes halogenated alkanes) is 25. The quantitative estimate of drug-likeness (QED) is 0.0161. The SMILES string of the molecule is CC/C=C/C=C/C=C\CCCCCCCC(=O)OC(/C=C\CCCCCCCCCCCC)C(COP(=O)([O-])OCC[N+](C)(C)C)NC(=O)CCCCCCCCC/C=C\C/C=C\C/C=C\C/C=C\CCCCC. The summed E-state index contributed by atoms with van der Waals surface area (Å²) in [5.41, 5.74) is 0. The number of quaternary nitrogens is 1. The zero-order valence-electron chi connectivity index (χ0n) is 48.5. The summed E-state index contributed by atoms with van der Waals surface area (Å²) in [4.78, 5) is 39.9. The summed E-state index contributed by atoms with van der Waals surface area (Å²) in [6, 6.07) is -0.908. The molecule has 0 heterocycles. The van der Waals surface area contributed by atoms with Gasteiger partial charge in [-0.3, -0.25) is 14.2 Å². The van der Waals surface area contributed by atoms with Crippen LogP contribution in [0.1, 0.15) is 245 Å². The number of phosphoric acid groups is 1. The molecule has 0 aromatic rings. The standard InChI is InChI=1S/C64H113N2O7P/c1-7-10-13-16-19-22-25-28-29-30-31-32-33-34-35-36-37-39-41-44-47-50-53-56-63(67)65-61(60-72-74(69,70)71-59-58-66(4,5)6)62(55-52-49-46-43-40-27-24-21-18-15-12-9-3)73-64(68)57-54-51-48-45-42-38-26-23-20-17-14-11-8-2/h11,14,17,19-20,22-23,26,28-29,31-32,34-35,52,55,61-62H,7-10,12-13,15-16,18,21,24-25,27,30,33,36-51,53-54,56-60H2,1-6H3,(H-,65,67,69,70)/b14-11+,20-17+,22-19-,26-23-,29-28-,32-31-,35-34-,55-52-. The van der Waals surface area contributed by atoms with E-state index in [-0.39, 0.29) is 24.9 Å². The van der Waals surface area contributed by atoms with E-state index in [1.54, 1.807) is 0 Å². The van der Waals surface area contributed by atoms with Crippen molar-refractivity contribution in [2.75, 3.05) is 40.9 Å². The molecule has 0 aliphatic rings. The third kappa shape index (κ3) is 53.7. The van der Waals surface area contributed by atoms with Crippen LogP contribution in [0, 0.1) is 0 Å². The van der Waals surface area contributed by atoms with Crippen molar-refractivity contribution in [3.63, 3.8) is 0 Å². The highest BCUT2D eigenvalue weighted by molar-refractivity contribution is 7.45. The molecule has 0 aliphatic heterocycles. The highest BCUT2D eigenvalue weighted by atomic mass is 31.2. The van der Waals surface area contributed by atoms with Crippen LogP contribution in [0.5, 0.6) is 0 Å². The van der Waals surface area contributed by atoms with Crippen LogP contribution in [0.15, 0.2) is 97.2 Å². The summed E-state index contributed by atoms with van der Waals surface area (Å²) < 4.78 is 30.2. The Labute approximate surface area is 456 Å². The number of rotatable bonds is 53. The van der Waals surface area contributed by atoms with Gasteiger partial charge in [0.05, 0.1) is 33.8 Å². The minimum atomic E-state index is -4.71. The molecule has 10 heteroatoms. The Morgan fingerprint density at radius 2 is 0.919 bits per heavy atom. The first-order chi connectivity index (χ1) is 35.9. The second kappa shape index (κ2) is 53.3. The van der Waals surface area contributed by atoms with E-state index in [2.05, 4.69) is 105 Å². The van der Waals surface area contributed by atoms with Crippen LogP contribution in [-0.4, -0.2) is 69.4 Å². The maximum atomic E-state index is 13.5. The maximum Gasteiger partial charge on any atom is 0.306 e. The lowest BCUT2D eigenvalue weighted by atomic mass is 10.0. The first kappa shape index (κ1) is 70.9. The van der Waals surface area contributed by atoms with Gasteiger partial charge in [0.2, 0.25) is 5.91 Å². The molecule has 1 amide bonds. The zero-order chi connectivity index (χ0) is 54.3.